The molecule has 1 N–H and O–H groups in total. The summed E-state index contributed by atoms with van der Waals surface area (Å²) >= 11 is 0. The summed E-state index contributed by atoms with van der Waals surface area (Å²) < 4.78 is 0. The molecule has 1 nitrogen and oxygen atoms in total. The molecular formula is C12H23N. The van der Waals surface area contributed by atoms with E-state index in [9.17, 15) is 0 Å². The number of nitrogens with one attached hydrogen (secondary N) is 1. The van der Waals surface area contributed by atoms with Crippen LogP contribution in [0, 0.1) is 5.92 Å². The zero-order valence-corrected chi connectivity index (χ0v) is 8.89. The zero-order chi connectivity index (χ0) is 9.10. The summed E-state index contributed by atoms with van der Waals surface area (Å²) in [4.78, 5) is 0. The molecule has 2 fully saturated rings. The van der Waals surface area contributed by atoms with Crippen LogP contribution in [0.2, 0.25) is 0 Å². The van der Waals surface area contributed by atoms with E-state index >= 15 is 0 Å². The van der Waals surface area contributed by atoms with Gasteiger partial charge in [0.05, 0.1) is 0 Å². The molecule has 0 bridgehead atoms. The summed E-state index contributed by atoms with van der Waals surface area (Å²) in [5.74, 6) is 0.932. The van der Waals surface area contributed by atoms with E-state index in [1.165, 1.54) is 51.4 Å². The molecule has 0 aromatic rings. The van der Waals surface area contributed by atoms with Crippen molar-refractivity contribution in [3.63, 3.8) is 0 Å². The van der Waals surface area contributed by atoms with Gasteiger partial charge in [-0.15, -0.1) is 0 Å². The smallest absolute Gasteiger partial charge is 0.00952 e. The van der Waals surface area contributed by atoms with Gasteiger partial charge in [-0.1, -0.05) is 32.6 Å². The number of hydrogen-bond donors (Lipinski definition) is 1. The maximum Gasteiger partial charge on any atom is 0.00952 e. The Bertz CT molecular complexity index is 149. The summed E-state index contributed by atoms with van der Waals surface area (Å²) in [6, 6.07) is 1.71. The van der Waals surface area contributed by atoms with Crippen LogP contribution in [0.25, 0.3) is 0 Å². The summed E-state index contributed by atoms with van der Waals surface area (Å²) in [7, 11) is 0. The van der Waals surface area contributed by atoms with Crippen LogP contribution in [-0.2, 0) is 0 Å². The van der Waals surface area contributed by atoms with Gasteiger partial charge in [-0.25, -0.2) is 0 Å². The Morgan fingerprint density at radius 3 is 2.23 bits per heavy atom. The van der Waals surface area contributed by atoms with Crippen molar-refractivity contribution in [3.05, 3.63) is 0 Å². The Kier molecular flexibility index (Phi) is 3.26. The lowest BCUT2D eigenvalue weighted by Crippen LogP contribution is -2.40. The molecule has 0 aromatic carbocycles. The summed E-state index contributed by atoms with van der Waals surface area (Å²) in [6.45, 7) is 2.41. The normalized spacial score (nSPS) is 36.7. The Hall–Kier alpha value is -0.0400. The average molecular weight is 181 g/mol. The highest BCUT2D eigenvalue weighted by Crippen LogP contribution is 2.27. The van der Waals surface area contributed by atoms with Gasteiger partial charge in [0.25, 0.3) is 0 Å². The Morgan fingerprint density at radius 1 is 0.846 bits per heavy atom. The third-order valence-electron chi connectivity index (χ3n) is 3.92. The molecule has 0 saturated heterocycles. The van der Waals surface area contributed by atoms with Crippen LogP contribution in [0.15, 0.2) is 0 Å². The second-order valence-corrected chi connectivity index (χ2v) is 5.02. The predicted molar refractivity (Wildman–Crippen MR) is 56.8 cm³/mol. The van der Waals surface area contributed by atoms with Crippen LogP contribution in [0.3, 0.4) is 0 Å². The highest BCUT2D eigenvalue weighted by molar-refractivity contribution is 4.84. The van der Waals surface area contributed by atoms with E-state index in [2.05, 4.69) is 12.2 Å². The van der Waals surface area contributed by atoms with Crippen molar-refractivity contribution in [1.29, 1.82) is 0 Å². The topological polar surface area (TPSA) is 12.0 Å². The molecule has 13 heavy (non-hydrogen) atoms. The molecule has 0 spiro atoms. The zero-order valence-electron chi connectivity index (χ0n) is 8.89. The lowest BCUT2D eigenvalue weighted by molar-refractivity contribution is 0.309. The Labute approximate surface area is 82.3 Å². The lowest BCUT2D eigenvalue weighted by atomic mass is 9.94. The van der Waals surface area contributed by atoms with Crippen LogP contribution in [-0.4, -0.2) is 12.1 Å². The summed E-state index contributed by atoms with van der Waals surface area (Å²) in [5.41, 5.74) is 0. The Balaban J connectivity index is 1.75. The molecule has 2 rings (SSSR count). The van der Waals surface area contributed by atoms with Crippen molar-refractivity contribution in [1.82, 2.24) is 5.32 Å². The van der Waals surface area contributed by atoms with Crippen LogP contribution >= 0.6 is 0 Å². The maximum atomic E-state index is 3.87. The monoisotopic (exact) mass is 181 g/mol. The molecular weight excluding hydrogens is 158 g/mol. The van der Waals surface area contributed by atoms with Crippen molar-refractivity contribution >= 4 is 0 Å². The fourth-order valence-corrected chi connectivity index (χ4v) is 2.97. The molecule has 0 aromatic heterocycles. The van der Waals surface area contributed by atoms with Gasteiger partial charge in [0.1, 0.15) is 0 Å². The second kappa shape index (κ2) is 4.45. The lowest BCUT2D eigenvalue weighted by Gasteiger charge is -2.28. The average Bonchev–Trinajstić information content (AvgIpc) is 2.54. The van der Waals surface area contributed by atoms with E-state index in [1.54, 1.807) is 0 Å². The molecule has 0 unspecified atom stereocenters. The van der Waals surface area contributed by atoms with Crippen LogP contribution in [0.4, 0.5) is 0 Å². The molecule has 76 valence electrons. The quantitative estimate of drug-likeness (QED) is 0.690. The van der Waals surface area contributed by atoms with E-state index < -0.39 is 0 Å². The summed E-state index contributed by atoms with van der Waals surface area (Å²) in [6.07, 6.45) is 11.6. The first-order valence-electron chi connectivity index (χ1n) is 6.12. The van der Waals surface area contributed by atoms with Crippen molar-refractivity contribution < 1.29 is 0 Å². The minimum atomic E-state index is 0.850. The van der Waals surface area contributed by atoms with Crippen LogP contribution < -0.4 is 5.32 Å². The largest absolute Gasteiger partial charge is 0.311 e. The highest BCUT2D eigenvalue weighted by Gasteiger charge is 2.25. The van der Waals surface area contributed by atoms with Gasteiger partial charge < -0.3 is 5.32 Å². The van der Waals surface area contributed by atoms with Crippen molar-refractivity contribution in [2.45, 2.75) is 70.4 Å². The van der Waals surface area contributed by atoms with Crippen LogP contribution in [0.1, 0.15) is 58.3 Å². The van der Waals surface area contributed by atoms with E-state index in [4.69, 9.17) is 0 Å². The van der Waals surface area contributed by atoms with E-state index in [0.29, 0.717) is 0 Å². The van der Waals surface area contributed by atoms with Gasteiger partial charge in [-0.05, 0) is 31.6 Å². The third kappa shape index (κ3) is 2.46. The third-order valence-corrected chi connectivity index (χ3v) is 3.92. The van der Waals surface area contributed by atoms with Gasteiger partial charge in [0.2, 0.25) is 0 Å². The predicted octanol–water partition coefficient (Wildman–Crippen LogP) is 3.10. The molecule has 0 heterocycles. The molecule has 2 saturated carbocycles. The molecule has 0 amide bonds. The number of hydrogen-bond acceptors (Lipinski definition) is 1. The van der Waals surface area contributed by atoms with Crippen LogP contribution in [0.5, 0.6) is 0 Å². The molecule has 2 aliphatic rings. The first-order chi connectivity index (χ1) is 6.36. The van der Waals surface area contributed by atoms with Crippen molar-refractivity contribution in [2.75, 3.05) is 0 Å². The minimum Gasteiger partial charge on any atom is -0.311 e. The molecule has 2 aliphatic carbocycles. The maximum absolute atomic E-state index is 3.87. The first-order valence-corrected chi connectivity index (χ1v) is 6.12. The minimum absolute atomic E-state index is 0.850. The first kappa shape index (κ1) is 9.51. The van der Waals surface area contributed by atoms with E-state index in [1.807, 2.05) is 0 Å². The standard InChI is InChI=1S/C12H23N/c1-10-6-5-9-12(10)13-11-7-3-2-4-8-11/h10-13H,2-9H2,1H3/t10-,12+/m1/s1. The SMILES string of the molecule is C[C@@H]1CCC[C@@H]1NC1CCCCC1. The number of rotatable bonds is 2. The second-order valence-electron chi connectivity index (χ2n) is 5.02. The van der Waals surface area contributed by atoms with Gasteiger partial charge in [-0.3, -0.25) is 0 Å². The fraction of sp³-hybridized carbons (Fsp3) is 1.00. The molecule has 0 radical (unpaired) electrons. The van der Waals surface area contributed by atoms with Gasteiger partial charge >= 0.3 is 0 Å². The van der Waals surface area contributed by atoms with Crippen molar-refractivity contribution in [2.24, 2.45) is 5.92 Å². The molecule has 0 aliphatic heterocycles. The van der Waals surface area contributed by atoms with Gasteiger partial charge in [0, 0.05) is 12.1 Å². The molecule has 2 atom stereocenters. The fourth-order valence-electron chi connectivity index (χ4n) is 2.97. The van der Waals surface area contributed by atoms with Crippen molar-refractivity contribution in [3.8, 4) is 0 Å². The van der Waals surface area contributed by atoms with Gasteiger partial charge in [-0.2, -0.15) is 0 Å². The van der Waals surface area contributed by atoms with Gasteiger partial charge in [0.15, 0.2) is 0 Å². The summed E-state index contributed by atoms with van der Waals surface area (Å²) in [5, 5.41) is 3.87. The highest BCUT2D eigenvalue weighted by atomic mass is 15.0. The van der Waals surface area contributed by atoms with E-state index in [-0.39, 0.29) is 0 Å². The molecule has 1 heteroatoms. The van der Waals surface area contributed by atoms with E-state index in [0.717, 1.165) is 18.0 Å². The Morgan fingerprint density at radius 2 is 1.62 bits per heavy atom.